The van der Waals surface area contributed by atoms with Crippen LogP contribution in [0.15, 0.2) is 0 Å². The van der Waals surface area contributed by atoms with Crippen molar-refractivity contribution in [1.29, 1.82) is 0 Å². The summed E-state index contributed by atoms with van der Waals surface area (Å²) in [6.07, 6.45) is 3.52. The second-order valence-corrected chi connectivity index (χ2v) is 5.48. The second kappa shape index (κ2) is 7.24. The van der Waals surface area contributed by atoms with Gasteiger partial charge < -0.3 is 9.84 Å². The van der Waals surface area contributed by atoms with Gasteiger partial charge in [0.15, 0.2) is 0 Å². The Morgan fingerprint density at radius 3 is 2.20 bits per heavy atom. The fourth-order valence-corrected chi connectivity index (χ4v) is 1.50. The number of aliphatic hydroxyl groups excluding tert-OH is 1. The van der Waals surface area contributed by atoms with Gasteiger partial charge in [-0.2, -0.15) is 0 Å². The zero-order valence-corrected chi connectivity index (χ0v) is 11.0. The summed E-state index contributed by atoms with van der Waals surface area (Å²) in [5.74, 6) is 0. The first kappa shape index (κ1) is 14.9. The Labute approximate surface area is 95.0 Å². The molecule has 0 aliphatic heterocycles. The Bertz CT molecular complexity index is 149. The van der Waals surface area contributed by atoms with Crippen molar-refractivity contribution >= 4 is 0 Å². The van der Waals surface area contributed by atoms with Crippen LogP contribution in [-0.2, 0) is 4.74 Å². The Kier molecular flexibility index (Phi) is 7.20. The van der Waals surface area contributed by atoms with E-state index in [1.807, 2.05) is 0 Å². The summed E-state index contributed by atoms with van der Waals surface area (Å²) >= 11 is 0. The maximum absolute atomic E-state index is 9.81. The zero-order valence-electron chi connectivity index (χ0n) is 11.0. The van der Waals surface area contributed by atoms with E-state index in [1.165, 1.54) is 0 Å². The van der Waals surface area contributed by atoms with Gasteiger partial charge in [0.25, 0.3) is 0 Å². The highest BCUT2D eigenvalue weighted by molar-refractivity contribution is 4.68. The van der Waals surface area contributed by atoms with Crippen LogP contribution in [0.3, 0.4) is 0 Å². The van der Waals surface area contributed by atoms with E-state index in [2.05, 4.69) is 34.6 Å². The smallest absolute Gasteiger partial charge is 0.0831 e. The van der Waals surface area contributed by atoms with E-state index in [-0.39, 0.29) is 12.2 Å². The Balaban J connectivity index is 3.80. The SMILES string of the molecule is CCCC(O)C(CC)OCCC(C)(C)C. The first-order chi connectivity index (χ1) is 6.90. The van der Waals surface area contributed by atoms with Crippen LogP contribution in [0.2, 0.25) is 0 Å². The van der Waals surface area contributed by atoms with Crippen LogP contribution in [0.1, 0.15) is 60.3 Å². The molecule has 0 aromatic carbocycles. The lowest BCUT2D eigenvalue weighted by Gasteiger charge is -2.24. The molecule has 0 radical (unpaired) electrons. The monoisotopic (exact) mass is 216 g/mol. The highest BCUT2D eigenvalue weighted by Gasteiger charge is 2.18. The van der Waals surface area contributed by atoms with E-state index in [9.17, 15) is 5.11 Å². The first-order valence-corrected chi connectivity index (χ1v) is 6.20. The molecule has 0 aromatic heterocycles. The molecule has 0 saturated heterocycles. The van der Waals surface area contributed by atoms with Gasteiger partial charge in [-0.3, -0.25) is 0 Å². The molecule has 0 aromatic rings. The predicted molar refractivity (Wildman–Crippen MR) is 65.0 cm³/mol. The quantitative estimate of drug-likeness (QED) is 0.707. The summed E-state index contributed by atoms with van der Waals surface area (Å²) < 4.78 is 5.73. The number of hydrogen-bond donors (Lipinski definition) is 1. The van der Waals surface area contributed by atoms with Crippen LogP contribution in [0.5, 0.6) is 0 Å². The van der Waals surface area contributed by atoms with E-state index in [0.717, 1.165) is 32.3 Å². The molecule has 0 rings (SSSR count). The third-order valence-corrected chi connectivity index (χ3v) is 2.60. The fraction of sp³-hybridized carbons (Fsp3) is 1.00. The summed E-state index contributed by atoms with van der Waals surface area (Å²) in [6.45, 7) is 11.5. The molecule has 0 saturated carbocycles. The van der Waals surface area contributed by atoms with Crippen molar-refractivity contribution < 1.29 is 9.84 Å². The van der Waals surface area contributed by atoms with Crippen LogP contribution in [0.4, 0.5) is 0 Å². The summed E-state index contributed by atoms with van der Waals surface area (Å²) in [7, 11) is 0. The summed E-state index contributed by atoms with van der Waals surface area (Å²) in [6, 6.07) is 0. The maximum Gasteiger partial charge on any atom is 0.0831 e. The topological polar surface area (TPSA) is 29.5 Å². The Hall–Kier alpha value is -0.0800. The summed E-state index contributed by atoms with van der Waals surface area (Å²) in [5.41, 5.74) is 0.313. The van der Waals surface area contributed by atoms with Crippen molar-refractivity contribution in [1.82, 2.24) is 0 Å². The molecule has 2 atom stereocenters. The van der Waals surface area contributed by atoms with Gasteiger partial charge in [0.05, 0.1) is 12.2 Å². The molecule has 2 unspecified atom stereocenters. The molecule has 0 heterocycles. The number of rotatable bonds is 7. The fourth-order valence-electron chi connectivity index (χ4n) is 1.50. The maximum atomic E-state index is 9.81. The van der Waals surface area contributed by atoms with Gasteiger partial charge in [0, 0.05) is 6.61 Å². The minimum Gasteiger partial charge on any atom is -0.390 e. The lowest BCUT2D eigenvalue weighted by atomic mass is 9.93. The summed E-state index contributed by atoms with van der Waals surface area (Å²) in [5, 5.41) is 9.81. The first-order valence-electron chi connectivity index (χ1n) is 6.20. The van der Waals surface area contributed by atoms with Gasteiger partial charge in [-0.15, -0.1) is 0 Å². The van der Waals surface area contributed by atoms with E-state index in [0.29, 0.717) is 5.41 Å². The largest absolute Gasteiger partial charge is 0.390 e. The van der Waals surface area contributed by atoms with Crippen molar-refractivity contribution in [2.45, 2.75) is 72.5 Å². The third-order valence-electron chi connectivity index (χ3n) is 2.60. The van der Waals surface area contributed by atoms with Crippen molar-refractivity contribution in [3.05, 3.63) is 0 Å². The molecule has 0 aliphatic carbocycles. The zero-order chi connectivity index (χ0) is 11.9. The molecule has 0 aliphatic rings. The van der Waals surface area contributed by atoms with E-state index in [4.69, 9.17) is 4.74 Å². The normalized spacial score (nSPS) is 16.4. The molecule has 0 spiro atoms. The second-order valence-electron chi connectivity index (χ2n) is 5.48. The average molecular weight is 216 g/mol. The highest BCUT2D eigenvalue weighted by Crippen LogP contribution is 2.19. The van der Waals surface area contributed by atoms with Gasteiger partial charge in [-0.25, -0.2) is 0 Å². The Morgan fingerprint density at radius 1 is 1.20 bits per heavy atom. The van der Waals surface area contributed by atoms with Gasteiger partial charge >= 0.3 is 0 Å². The molecule has 0 bridgehead atoms. The molecular weight excluding hydrogens is 188 g/mol. The molecule has 0 amide bonds. The van der Waals surface area contributed by atoms with E-state index >= 15 is 0 Å². The lowest BCUT2D eigenvalue weighted by Crippen LogP contribution is -2.29. The van der Waals surface area contributed by atoms with Crippen molar-refractivity contribution in [3.8, 4) is 0 Å². The minimum atomic E-state index is -0.292. The van der Waals surface area contributed by atoms with Crippen LogP contribution in [0, 0.1) is 5.41 Å². The van der Waals surface area contributed by atoms with Crippen LogP contribution < -0.4 is 0 Å². The number of hydrogen-bond acceptors (Lipinski definition) is 2. The van der Waals surface area contributed by atoms with E-state index < -0.39 is 0 Å². The number of aliphatic hydroxyl groups is 1. The van der Waals surface area contributed by atoms with Crippen LogP contribution in [-0.4, -0.2) is 23.9 Å². The van der Waals surface area contributed by atoms with Gasteiger partial charge in [0.2, 0.25) is 0 Å². The third kappa shape index (κ3) is 7.80. The molecule has 0 fully saturated rings. The number of ether oxygens (including phenoxy) is 1. The van der Waals surface area contributed by atoms with E-state index in [1.54, 1.807) is 0 Å². The van der Waals surface area contributed by atoms with Crippen LogP contribution in [0.25, 0.3) is 0 Å². The average Bonchev–Trinajstić information content (AvgIpc) is 2.11. The lowest BCUT2D eigenvalue weighted by molar-refractivity contribution is -0.0484. The van der Waals surface area contributed by atoms with Gasteiger partial charge in [-0.1, -0.05) is 41.0 Å². The van der Waals surface area contributed by atoms with Gasteiger partial charge in [0.1, 0.15) is 0 Å². The predicted octanol–water partition coefficient (Wildman–Crippen LogP) is 3.38. The summed E-state index contributed by atoms with van der Waals surface area (Å²) in [4.78, 5) is 0. The standard InChI is InChI=1S/C13H28O2/c1-6-8-11(14)12(7-2)15-10-9-13(3,4)5/h11-12,14H,6-10H2,1-5H3. The van der Waals surface area contributed by atoms with Gasteiger partial charge in [-0.05, 0) is 24.7 Å². The van der Waals surface area contributed by atoms with Crippen molar-refractivity contribution in [2.75, 3.05) is 6.61 Å². The minimum absolute atomic E-state index is 0.0206. The molecule has 92 valence electrons. The molecular formula is C13H28O2. The molecule has 15 heavy (non-hydrogen) atoms. The molecule has 2 nitrogen and oxygen atoms in total. The Morgan fingerprint density at radius 2 is 1.80 bits per heavy atom. The molecule has 1 N–H and O–H groups in total. The van der Waals surface area contributed by atoms with Crippen LogP contribution >= 0.6 is 0 Å². The molecule has 2 heteroatoms. The highest BCUT2D eigenvalue weighted by atomic mass is 16.5. The van der Waals surface area contributed by atoms with Crippen molar-refractivity contribution in [2.24, 2.45) is 5.41 Å². The van der Waals surface area contributed by atoms with Crippen molar-refractivity contribution in [3.63, 3.8) is 0 Å².